The molecule has 0 radical (unpaired) electrons. The lowest BCUT2D eigenvalue weighted by atomic mass is 10.1. The topological polar surface area (TPSA) is 53.4 Å². The smallest absolute Gasteiger partial charge is 0.273 e. The summed E-state index contributed by atoms with van der Waals surface area (Å²) in [6.45, 7) is 4.06. The van der Waals surface area contributed by atoms with Crippen LogP contribution in [0.5, 0.6) is 0 Å². The average Bonchev–Trinajstić information content (AvgIpc) is 2.60. The highest BCUT2D eigenvalue weighted by Gasteiger charge is 2.25. The lowest BCUT2D eigenvalue weighted by molar-refractivity contribution is 0.0278. The van der Waals surface area contributed by atoms with Crippen LogP contribution in [-0.4, -0.2) is 33.0 Å². The maximum atomic E-state index is 13.2. The highest BCUT2D eigenvalue weighted by molar-refractivity contribution is 6.05. The third kappa shape index (κ3) is 4.22. The predicted octanol–water partition coefficient (Wildman–Crippen LogP) is 3.65. The number of fused-ring (bicyclic) bond motifs is 1. The fraction of sp³-hybridized carbons (Fsp3) is 0.238. The second-order valence-electron chi connectivity index (χ2n) is 6.84. The molecule has 0 aliphatic heterocycles. The SMILES string of the molecule is CC(C)(O)CN(Cc1ccccc1)C(=O)c1nccc2ccccc12. The minimum atomic E-state index is -0.991. The lowest BCUT2D eigenvalue weighted by Gasteiger charge is -2.29. The number of aliphatic hydroxyl groups is 1. The minimum absolute atomic E-state index is 0.178. The molecular formula is C21H22N2O2. The quantitative estimate of drug-likeness (QED) is 0.775. The van der Waals surface area contributed by atoms with E-state index in [1.54, 1.807) is 24.9 Å². The Morgan fingerprint density at radius 3 is 2.44 bits per heavy atom. The van der Waals surface area contributed by atoms with E-state index in [-0.39, 0.29) is 12.5 Å². The Morgan fingerprint density at radius 1 is 1.04 bits per heavy atom. The van der Waals surface area contributed by atoms with Crippen LogP contribution in [0, 0.1) is 0 Å². The van der Waals surface area contributed by atoms with Gasteiger partial charge in [0.05, 0.1) is 5.60 Å². The zero-order chi connectivity index (χ0) is 17.9. The highest BCUT2D eigenvalue weighted by Crippen LogP contribution is 2.20. The van der Waals surface area contributed by atoms with E-state index in [4.69, 9.17) is 0 Å². The molecule has 0 saturated carbocycles. The molecule has 0 fully saturated rings. The molecule has 0 aliphatic rings. The van der Waals surface area contributed by atoms with Crippen molar-refractivity contribution in [3.05, 3.63) is 78.1 Å². The summed E-state index contributed by atoms with van der Waals surface area (Å²) in [7, 11) is 0. The van der Waals surface area contributed by atoms with Gasteiger partial charge in [-0.1, -0.05) is 54.6 Å². The van der Waals surface area contributed by atoms with Gasteiger partial charge in [-0.2, -0.15) is 0 Å². The van der Waals surface area contributed by atoms with Gasteiger partial charge in [-0.05, 0) is 30.9 Å². The largest absolute Gasteiger partial charge is 0.389 e. The normalized spacial score (nSPS) is 11.5. The number of hydrogen-bond acceptors (Lipinski definition) is 3. The first-order valence-electron chi connectivity index (χ1n) is 8.33. The molecule has 0 atom stereocenters. The molecule has 3 aromatic rings. The molecule has 0 aliphatic carbocycles. The Bertz CT molecular complexity index is 864. The maximum absolute atomic E-state index is 13.2. The Balaban J connectivity index is 1.98. The van der Waals surface area contributed by atoms with Gasteiger partial charge in [0.2, 0.25) is 0 Å². The number of pyridine rings is 1. The summed E-state index contributed by atoms with van der Waals surface area (Å²) in [4.78, 5) is 19.2. The molecule has 25 heavy (non-hydrogen) atoms. The van der Waals surface area contributed by atoms with Crippen molar-refractivity contribution in [1.82, 2.24) is 9.88 Å². The van der Waals surface area contributed by atoms with Crippen molar-refractivity contribution in [3.63, 3.8) is 0 Å². The summed E-state index contributed by atoms with van der Waals surface area (Å²) in [5.41, 5.74) is 0.438. The number of hydrogen-bond donors (Lipinski definition) is 1. The number of aromatic nitrogens is 1. The third-order valence-corrected chi connectivity index (χ3v) is 3.96. The summed E-state index contributed by atoms with van der Waals surface area (Å²) in [5, 5.41) is 12.1. The van der Waals surface area contributed by atoms with Gasteiger partial charge in [-0.3, -0.25) is 9.78 Å². The van der Waals surface area contributed by atoms with Crippen molar-refractivity contribution in [2.24, 2.45) is 0 Å². The van der Waals surface area contributed by atoms with E-state index in [9.17, 15) is 9.90 Å². The number of amides is 1. The summed E-state index contributed by atoms with van der Waals surface area (Å²) in [5.74, 6) is -0.178. The fourth-order valence-corrected chi connectivity index (χ4v) is 2.91. The van der Waals surface area contributed by atoms with Crippen molar-refractivity contribution < 1.29 is 9.90 Å². The van der Waals surface area contributed by atoms with Crippen molar-refractivity contribution in [3.8, 4) is 0 Å². The summed E-state index contributed by atoms with van der Waals surface area (Å²) in [6.07, 6.45) is 1.65. The molecule has 128 valence electrons. The summed E-state index contributed by atoms with van der Waals surface area (Å²) in [6, 6.07) is 19.4. The second kappa shape index (κ2) is 7.03. The first-order chi connectivity index (χ1) is 11.9. The van der Waals surface area contributed by atoms with Gasteiger partial charge < -0.3 is 10.0 Å². The third-order valence-electron chi connectivity index (χ3n) is 3.96. The van der Waals surface area contributed by atoms with Crippen molar-refractivity contribution in [1.29, 1.82) is 0 Å². The molecule has 4 nitrogen and oxygen atoms in total. The van der Waals surface area contributed by atoms with Crippen molar-refractivity contribution in [2.75, 3.05) is 6.54 Å². The van der Waals surface area contributed by atoms with Gasteiger partial charge >= 0.3 is 0 Å². The van der Waals surface area contributed by atoms with Crippen LogP contribution in [0.15, 0.2) is 66.9 Å². The van der Waals surface area contributed by atoms with E-state index < -0.39 is 5.60 Å². The lowest BCUT2D eigenvalue weighted by Crippen LogP contribution is -2.42. The van der Waals surface area contributed by atoms with Crippen LogP contribution in [0.3, 0.4) is 0 Å². The fourth-order valence-electron chi connectivity index (χ4n) is 2.91. The Kier molecular flexibility index (Phi) is 4.81. The van der Waals surface area contributed by atoms with Gasteiger partial charge in [0, 0.05) is 24.7 Å². The van der Waals surface area contributed by atoms with Crippen LogP contribution in [-0.2, 0) is 6.54 Å². The van der Waals surface area contributed by atoms with Gasteiger partial charge in [0.15, 0.2) is 0 Å². The molecular weight excluding hydrogens is 312 g/mol. The summed E-state index contributed by atoms with van der Waals surface area (Å²) < 4.78 is 0. The minimum Gasteiger partial charge on any atom is -0.389 e. The first-order valence-corrected chi connectivity index (χ1v) is 8.33. The van der Waals surface area contributed by atoms with Gasteiger partial charge in [-0.25, -0.2) is 0 Å². The van der Waals surface area contributed by atoms with Crippen LogP contribution in [0.2, 0.25) is 0 Å². The number of benzene rings is 2. The number of nitrogens with zero attached hydrogens (tertiary/aromatic N) is 2. The highest BCUT2D eigenvalue weighted by atomic mass is 16.3. The van der Waals surface area contributed by atoms with Crippen molar-refractivity contribution >= 4 is 16.7 Å². The van der Waals surface area contributed by atoms with Crippen molar-refractivity contribution in [2.45, 2.75) is 26.0 Å². The molecule has 0 unspecified atom stereocenters. The zero-order valence-corrected chi connectivity index (χ0v) is 14.5. The van der Waals surface area contributed by atoms with E-state index in [1.165, 1.54) is 0 Å². The van der Waals surface area contributed by atoms with E-state index in [0.717, 1.165) is 16.3 Å². The van der Waals surface area contributed by atoms with E-state index in [2.05, 4.69) is 4.98 Å². The Morgan fingerprint density at radius 2 is 1.72 bits per heavy atom. The monoisotopic (exact) mass is 334 g/mol. The molecule has 2 aromatic carbocycles. The molecule has 3 rings (SSSR count). The Labute approximate surface area is 147 Å². The second-order valence-corrected chi connectivity index (χ2v) is 6.84. The first kappa shape index (κ1) is 17.1. The number of carbonyl (C=O) groups excluding carboxylic acids is 1. The Hall–Kier alpha value is -2.72. The van der Waals surface area contributed by atoms with E-state index >= 15 is 0 Å². The van der Waals surface area contributed by atoms with E-state index in [0.29, 0.717) is 12.2 Å². The number of carbonyl (C=O) groups is 1. The average molecular weight is 334 g/mol. The molecule has 1 amide bonds. The predicted molar refractivity (Wildman–Crippen MR) is 99.2 cm³/mol. The molecule has 1 aromatic heterocycles. The van der Waals surface area contributed by atoms with Crippen LogP contribution in [0.4, 0.5) is 0 Å². The van der Waals surface area contributed by atoms with Gasteiger partial charge in [0.25, 0.3) is 5.91 Å². The van der Waals surface area contributed by atoms with Crippen LogP contribution < -0.4 is 0 Å². The molecule has 1 N–H and O–H groups in total. The zero-order valence-electron chi connectivity index (χ0n) is 14.5. The van der Waals surface area contributed by atoms with Crippen LogP contribution in [0.25, 0.3) is 10.8 Å². The molecule has 0 saturated heterocycles. The molecule has 0 spiro atoms. The maximum Gasteiger partial charge on any atom is 0.273 e. The van der Waals surface area contributed by atoms with Crippen LogP contribution in [0.1, 0.15) is 29.9 Å². The standard InChI is InChI=1S/C21H22N2O2/c1-21(2,25)15-23(14-16-8-4-3-5-9-16)20(24)19-18-11-7-6-10-17(18)12-13-22-19/h3-13,25H,14-15H2,1-2H3. The van der Waals surface area contributed by atoms with Gasteiger partial charge in [-0.15, -0.1) is 0 Å². The number of rotatable bonds is 5. The summed E-state index contributed by atoms with van der Waals surface area (Å²) >= 11 is 0. The molecule has 0 bridgehead atoms. The van der Waals surface area contributed by atoms with E-state index in [1.807, 2.05) is 60.7 Å². The van der Waals surface area contributed by atoms with Gasteiger partial charge in [0.1, 0.15) is 5.69 Å². The van der Waals surface area contributed by atoms with Crippen LogP contribution >= 0.6 is 0 Å². The molecule has 1 heterocycles. The molecule has 4 heteroatoms.